The quantitative estimate of drug-likeness (QED) is 0.375. The van der Waals surface area contributed by atoms with Gasteiger partial charge in [-0.2, -0.15) is 0 Å². The van der Waals surface area contributed by atoms with Crippen LogP contribution < -0.4 is 20.9 Å². The van der Waals surface area contributed by atoms with E-state index in [0.717, 1.165) is 50.6 Å². The number of aliphatic imine (C=N–C) groups is 1. The Morgan fingerprint density at radius 2 is 1.86 bits per heavy atom. The van der Waals surface area contributed by atoms with Crippen molar-refractivity contribution in [1.29, 1.82) is 0 Å². The zero-order chi connectivity index (χ0) is 20.2. The number of hydrogen-bond acceptors (Lipinski definition) is 3. The number of aromatic nitrogens is 1. The topological polar surface area (TPSA) is 67.7 Å². The smallest absolute Gasteiger partial charge is 0.250 e. The molecular weight excluding hydrogens is 352 g/mol. The number of nitrogens with zero attached hydrogens (tertiary/aromatic N) is 2. The first kappa shape index (κ1) is 21.5. The average Bonchev–Trinajstić information content (AvgIpc) is 2.73. The first-order valence-electron chi connectivity index (χ1n) is 9.88. The van der Waals surface area contributed by atoms with Crippen molar-refractivity contribution in [3.8, 4) is 5.75 Å². The molecule has 2 aromatic rings. The van der Waals surface area contributed by atoms with Crippen LogP contribution in [0.3, 0.4) is 0 Å². The number of hydrogen-bond donors (Lipinski definition) is 2. The highest BCUT2D eigenvalue weighted by molar-refractivity contribution is 5.79. The van der Waals surface area contributed by atoms with E-state index in [2.05, 4.69) is 34.7 Å². The molecule has 2 rings (SSSR count). The monoisotopic (exact) mass is 384 g/mol. The van der Waals surface area contributed by atoms with Crippen LogP contribution in [0.15, 0.2) is 58.4 Å². The van der Waals surface area contributed by atoms with Crippen LogP contribution in [-0.2, 0) is 6.54 Å². The lowest BCUT2D eigenvalue weighted by atomic mass is 9.98. The summed E-state index contributed by atoms with van der Waals surface area (Å²) in [6, 6.07) is 13.5. The second-order valence-electron chi connectivity index (χ2n) is 6.83. The predicted molar refractivity (Wildman–Crippen MR) is 115 cm³/mol. The second kappa shape index (κ2) is 11.8. The van der Waals surface area contributed by atoms with Crippen molar-refractivity contribution in [3.05, 3.63) is 64.6 Å². The summed E-state index contributed by atoms with van der Waals surface area (Å²) in [5.74, 6) is 2.16. The average molecular weight is 385 g/mol. The molecule has 0 aliphatic rings. The molecule has 0 radical (unpaired) electrons. The fraction of sp³-hybridized carbons (Fsp3) is 0.455. The Morgan fingerprint density at radius 1 is 1.11 bits per heavy atom. The molecule has 1 atom stereocenters. The van der Waals surface area contributed by atoms with Gasteiger partial charge in [-0.1, -0.05) is 25.1 Å². The van der Waals surface area contributed by atoms with Crippen LogP contribution >= 0.6 is 0 Å². The van der Waals surface area contributed by atoms with E-state index >= 15 is 0 Å². The number of benzene rings is 1. The van der Waals surface area contributed by atoms with E-state index in [1.807, 2.05) is 24.4 Å². The third-order valence-corrected chi connectivity index (χ3v) is 4.80. The molecule has 1 heterocycles. The Bertz CT molecular complexity index is 784. The number of nitrogens with one attached hydrogen (secondary N) is 2. The maximum absolute atomic E-state index is 11.7. The van der Waals surface area contributed by atoms with Crippen LogP contribution in [0, 0.1) is 0 Å². The Balaban J connectivity index is 1.63. The van der Waals surface area contributed by atoms with Gasteiger partial charge in [-0.05, 0) is 48.9 Å². The molecule has 0 amide bonds. The van der Waals surface area contributed by atoms with Crippen molar-refractivity contribution in [1.82, 2.24) is 15.2 Å². The summed E-state index contributed by atoms with van der Waals surface area (Å²) in [4.78, 5) is 15.9. The van der Waals surface area contributed by atoms with Crippen molar-refractivity contribution in [2.24, 2.45) is 4.99 Å². The highest BCUT2D eigenvalue weighted by Crippen LogP contribution is 2.21. The molecule has 0 fully saturated rings. The molecule has 0 aliphatic heterocycles. The van der Waals surface area contributed by atoms with Crippen LogP contribution in [-0.4, -0.2) is 37.8 Å². The lowest BCUT2D eigenvalue weighted by Crippen LogP contribution is -2.38. The fourth-order valence-electron chi connectivity index (χ4n) is 2.99. The largest absolute Gasteiger partial charge is 0.497 e. The molecule has 1 unspecified atom stereocenters. The lowest BCUT2D eigenvalue weighted by molar-refractivity contribution is 0.414. The van der Waals surface area contributed by atoms with Crippen LogP contribution in [0.2, 0.25) is 0 Å². The number of unbranched alkanes of at least 4 members (excludes halogenated alkanes) is 1. The molecule has 0 spiro atoms. The standard InChI is InChI=1S/C22H32N4O2/c1-18(19-9-11-20(28-3)12-10-19)13-15-25-22(23-2)24-14-5-7-17-26-16-6-4-8-21(26)27/h4,6,8-12,16,18H,5,7,13-15,17H2,1-3H3,(H2,23,24,25). The molecule has 0 saturated carbocycles. The van der Waals surface area contributed by atoms with Gasteiger partial charge in [-0.15, -0.1) is 0 Å². The van der Waals surface area contributed by atoms with E-state index in [1.54, 1.807) is 30.9 Å². The van der Waals surface area contributed by atoms with E-state index in [1.165, 1.54) is 5.56 Å². The predicted octanol–water partition coefficient (Wildman–Crippen LogP) is 3.00. The SMILES string of the molecule is CN=C(NCCCCn1ccccc1=O)NCCC(C)c1ccc(OC)cc1. The van der Waals surface area contributed by atoms with Crippen LogP contribution in [0.5, 0.6) is 5.75 Å². The maximum Gasteiger partial charge on any atom is 0.250 e. The van der Waals surface area contributed by atoms with Crippen molar-refractivity contribution >= 4 is 5.96 Å². The minimum absolute atomic E-state index is 0.0546. The van der Waals surface area contributed by atoms with E-state index in [0.29, 0.717) is 5.92 Å². The minimum atomic E-state index is 0.0546. The number of ether oxygens (including phenoxy) is 1. The lowest BCUT2D eigenvalue weighted by Gasteiger charge is -2.15. The highest BCUT2D eigenvalue weighted by Gasteiger charge is 2.06. The third kappa shape index (κ3) is 7.10. The normalized spacial score (nSPS) is 12.5. The summed E-state index contributed by atoms with van der Waals surface area (Å²) in [5.41, 5.74) is 1.36. The van der Waals surface area contributed by atoms with Gasteiger partial charge in [-0.3, -0.25) is 9.79 Å². The van der Waals surface area contributed by atoms with E-state index in [9.17, 15) is 4.79 Å². The van der Waals surface area contributed by atoms with Crippen molar-refractivity contribution < 1.29 is 4.74 Å². The van der Waals surface area contributed by atoms with Crippen LogP contribution in [0.4, 0.5) is 0 Å². The second-order valence-corrected chi connectivity index (χ2v) is 6.83. The van der Waals surface area contributed by atoms with Gasteiger partial charge in [0.2, 0.25) is 5.56 Å². The minimum Gasteiger partial charge on any atom is -0.497 e. The molecule has 1 aromatic heterocycles. The number of rotatable bonds is 10. The van der Waals surface area contributed by atoms with E-state index in [4.69, 9.17) is 4.74 Å². The number of aryl methyl sites for hydroxylation is 1. The summed E-state index contributed by atoms with van der Waals surface area (Å²) >= 11 is 0. The molecule has 0 saturated heterocycles. The molecule has 152 valence electrons. The van der Waals surface area contributed by atoms with Crippen LogP contribution in [0.1, 0.15) is 37.7 Å². The molecule has 0 aliphatic carbocycles. The van der Waals surface area contributed by atoms with Gasteiger partial charge in [0.1, 0.15) is 5.75 Å². The first-order chi connectivity index (χ1) is 13.6. The van der Waals surface area contributed by atoms with Gasteiger partial charge < -0.3 is 19.9 Å². The molecule has 28 heavy (non-hydrogen) atoms. The molecule has 0 bridgehead atoms. The van der Waals surface area contributed by atoms with Gasteiger partial charge in [0.25, 0.3) is 0 Å². The van der Waals surface area contributed by atoms with Gasteiger partial charge in [0.05, 0.1) is 7.11 Å². The van der Waals surface area contributed by atoms with Crippen molar-refractivity contribution in [2.45, 2.75) is 38.6 Å². The van der Waals surface area contributed by atoms with Gasteiger partial charge in [0.15, 0.2) is 5.96 Å². The Labute approximate surface area is 167 Å². The Morgan fingerprint density at radius 3 is 2.54 bits per heavy atom. The maximum atomic E-state index is 11.7. The summed E-state index contributed by atoms with van der Waals surface area (Å²) in [5, 5.41) is 6.70. The fourth-order valence-corrected chi connectivity index (χ4v) is 2.99. The van der Waals surface area contributed by atoms with Gasteiger partial charge in [-0.25, -0.2) is 0 Å². The van der Waals surface area contributed by atoms with Gasteiger partial charge in [0, 0.05) is 38.9 Å². The van der Waals surface area contributed by atoms with Crippen LogP contribution in [0.25, 0.3) is 0 Å². The highest BCUT2D eigenvalue weighted by atomic mass is 16.5. The molecular formula is C22H32N4O2. The van der Waals surface area contributed by atoms with E-state index < -0.39 is 0 Å². The number of guanidine groups is 1. The molecule has 6 heteroatoms. The molecule has 6 nitrogen and oxygen atoms in total. The third-order valence-electron chi connectivity index (χ3n) is 4.80. The van der Waals surface area contributed by atoms with Crippen molar-refractivity contribution in [2.75, 3.05) is 27.2 Å². The van der Waals surface area contributed by atoms with Crippen molar-refractivity contribution in [3.63, 3.8) is 0 Å². The zero-order valence-electron chi connectivity index (χ0n) is 17.1. The molecule has 1 aromatic carbocycles. The zero-order valence-corrected chi connectivity index (χ0v) is 17.1. The number of pyridine rings is 1. The Hall–Kier alpha value is -2.76. The summed E-state index contributed by atoms with van der Waals surface area (Å²) in [6.07, 6.45) is 4.77. The van der Waals surface area contributed by atoms with E-state index in [-0.39, 0.29) is 5.56 Å². The summed E-state index contributed by atoms with van der Waals surface area (Å²) < 4.78 is 6.95. The first-order valence-corrected chi connectivity index (χ1v) is 9.88. The number of methoxy groups -OCH3 is 1. The molecule has 2 N–H and O–H groups in total. The summed E-state index contributed by atoms with van der Waals surface area (Å²) in [6.45, 7) is 4.65. The Kier molecular flexibility index (Phi) is 9.11. The summed E-state index contributed by atoms with van der Waals surface area (Å²) in [7, 11) is 3.47. The van der Waals surface area contributed by atoms with Gasteiger partial charge >= 0.3 is 0 Å².